The summed E-state index contributed by atoms with van der Waals surface area (Å²) in [5.41, 5.74) is 0. The predicted octanol–water partition coefficient (Wildman–Crippen LogP) is 3.54. The van der Waals surface area contributed by atoms with Gasteiger partial charge in [0.15, 0.2) is 0 Å². The van der Waals surface area contributed by atoms with Crippen LogP contribution in [0.15, 0.2) is 0 Å². The molecule has 0 saturated carbocycles. The van der Waals surface area contributed by atoms with Crippen molar-refractivity contribution in [1.29, 1.82) is 0 Å². The molecule has 0 bridgehead atoms. The van der Waals surface area contributed by atoms with E-state index in [1.54, 1.807) is 4.67 Å². The van der Waals surface area contributed by atoms with Gasteiger partial charge in [0, 0.05) is 20.2 Å². The summed E-state index contributed by atoms with van der Waals surface area (Å²) in [6, 6.07) is 0. The SMILES string of the molecule is CCOP(OCC)OP(=O)(OC)N1CCCCC1. The van der Waals surface area contributed by atoms with E-state index in [1.807, 2.05) is 13.8 Å². The first kappa shape index (κ1) is 16.5. The van der Waals surface area contributed by atoms with Crippen LogP contribution in [0.4, 0.5) is 0 Å². The van der Waals surface area contributed by atoms with Crippen molar-refractivity contribution in [2.24, 2.45) is 0 Å². The normalized spacial score (nSPS) is 21.1. The van der Waals surface area contributed by atoms with Gasteiger partial charge >= 0.3 is 16.3 Å². The fourth-order valence-electron chi connectivity index (χ4n) is 1.70. The Bertz CT molecular complexity index is 267. The molecule has 8 heteroatoms. The highest BCUT2D eigenvalue weighted by Gasteiger charge is 2.37. The van der Waals surface area contributed by atoms with Crippen LogP contribution in [-0.2, 0) is 22.4 Å². The van der Waals surface area contributed by atoms with Crippen LogP contribution >= 0.6 is 16.3 Å². The summed E-state index contributed by atoms with van der Waals surface area (Å²) >= 11 is 0. The zero-order chi connectivity index (χ0) is 13.4. The molecule has 1 fully saturated rings. The van der Waals surface area contributed by atoms with Crippen LogP contribution in [0.2, 0.25) is 0 Å². The van der Waals surface area contributed by atoms with E-state index in [9.17, 15) is 4.57 Å². The van der Waals surface area contributed by atoms with Crippen LogP contribution in [0, 0.1) is 0 Å². The van der Waals surface area contributed by atoms with Crippen molar-refractivity contribution >= 4 is 16.3 Å². The van der Waals surface area contributed by atoms with Gasteiger partial charge in [-0.25, -0.2) is 13.5 Å². The summed E-state index contributed by atoms with van der Waals surface area (Å²) < 4.78 is 35.6. The molecular formula is C10H23NO5P2. The van der Waals surface area contributed by atoms with Crippen LogP contribution in [0.25, 0.3) is 0 Å². The molecule has 108 valence electrons. The molecule has 0 spiro atoms. The molecule has 0 aromatic heterocycles. The molecule has 0 radical (unpaired) electrons. The molecule has 1 aliphatic heterocycles. The van der Waals surface area contributed by atoms with Gasteiger partial charge in [0.05, 0.1) is 13.2 Å². The van der Waals surface area contributed by atoms with E-state index in [2.05, 4.69) is 0 Å². The van der Waals surface area contributed by atoms with Gasteiger partial charge in [-0.1, -0.05) is 6.42 Å². The average Bonchev–Trinajstić information content (AvgIpc) is 2.40. The second-order valence-corrected chi connectivity index (χ2v) is 7.29. The zero-order valence-corrected chi connectivity index (χ0v) is 13.1. The maximum Gasteiger partial charge on any atom is 0.414 e. The highest BCUT2D eigenvalue weighted by Crippen LogP contribution is 2.62. The van der Waals surface area contributed by atoms with Gasteiger partial charge in [0.25, 0.3) is 0 Å². The lowest BCUT2D eigenvalue weighted by molar-refractivity contribution is 0.179. The minimum atomic E-state index is -3.28. The van der Waals surface area contributed by atoms with Gasteiger partial charge in [-0.15, -0.1) is 0 Å². The fourth-order valence-corrected chi connectivity index (χ4v) is 4.93. The van der Waals surface area contributed by atoms with E-state index >= 15 is 0 Å². The first-order valence-electron chi connectivity index (χ1n) is 6.33. The molecule has 0 amide bonds. The van der Waals surface area contributed by atoms with Crippen LogP contribution < -0.4 is 0 Å². The van der Waals surface area contributed by atoms with Crippen molar-refractivity contribution in [2.45, 2.75) is 33.1 Å². The predicted molar refractivity (Wildman–Crippen MR) is 71.3 cm³/mol. The van der Waals surface area contributed by atoms with E-state index in [1.165, 1.54) is 7.11 Å². The van der Waals surface area contributed by atoms with Gasteiger partial charge in [0.2, 0.25) is 0 Å². The van der Waals surface area contributed by atoms with Crippen molar-refractivity contribution in [2.75, 3.05) is 33.4 Å². The van der Waals surface area contributed by atoms with Crippen LogP contribution in [0.3, 0.4) is 0 Å². The standard InChI is InChI=1S/C10H23NO5P2/c1-4-14-17(15-5-2)16-18(12,13-3)11-9-7-6-8-10-11/h4-10H2,1-3H3. The molecule has 1 heterocycles. The van der Waals surface area contributed by atoms with E-state index in [4.69, 9.17) is 17.9 Å². The van der Waals surface area contributed by atoms with Crippen molar-refractivity contribution in [3.63, 3.8) is 0 Å². The summed E-state index contributed by atoms with van der Waals surface area (Å²) in [6.45, 7) is 6.05. The second-order valence-electron chi connectivity index (χ2n) is 3.81. The Morgan fingerprint density at radius 3 is 2.11 bits per heavy atom. The molecule has 1 rings (SSSR count). The third-order valence-corrected chi connectivity index (χ3v) is 6.40. The van der Waals surface area contributed by atoms with Crippen LogP contribution in [-0.4, -0.2) is 38.1 Å². The number of hydrogen-bond acceptors (Lipinski definition) is 5. The van der Waals surface area contributed by atoms with Gasteiger partial charge in [-0.05, 0) is 26.7 Å². The quantitative estimate of drug-likeness (QED) is 0.639. The molecule has 1 atom stereocenters. The maximum atomic E-state index is 12.6. The first-order valence-corrected chi connectivity index (χ1v) is 8.92. The van der Waals surface area contributed by atoms with E-state index in [-0.39, 0.29) is 0 Å². The Morgan fingerprint density at radius 1 is 1.11 bits per heavy atom. The molecule has 0 aromatic rings. The molecule has 18 heavy (non-hydrogen) atoms. The summed E-state index contributed by atoms with van der Waals surface area (Å²) in [4.78, 5) is 0. The van der Waals surface area contributed by atoms with Gasteiger partial charge in [-0.2, -0.15) is 0 Å². The van der Waals surface area contributed by atoms with Crippen LogP contribution in [0.1, 0.15) is 33.1 Å². The van der Waals surface area contributed by atoms with E-state index in [0.29, 0.717) is 13.2 Å². The van der Waals surface area contributed by atoms with Gasteiger partial charge < -0.3 is 9.05 Å². The van der Waals surface area contributed by atoms with Crippen molar-refractivity contribution < 1.29 is 22.4 Å². The number of hydrogen-bond donors (Lipinski definition) is 0. The number of rotatable bonds is 8. The minimum absolute atomic E-state index is 0.454. The molecule has 0 aliphatic carbocycles. The first-order chi connectivity index (χ1) is 8.66. The molecule has 0 aromatic carbocycles. The topological polar surface area (TPSA) is 57.2 Å². The number of piperidine rings is 1. The van der Waals surface area contributed by atoms with Crippen LogP contribution in [0.5, 0.6) is 0 Å². The zero-order valence-electron chi connectivity index (χ0n) is 11.3. The Kier molecular flexibility index (Phi) is 7.89. The number of nitrogens with zero attached hydrogens (tertiary/aromatic N) is 1. The van der Waals surface area contributed by atoms with Crippen molar-refractivity contribution in [1.82, 2.24) is 4.67 Å². The lowest BCUT2D eigenvalue weighted by Gasteiger charge is -2.32. The average molecular weight is 299 g/mol. The molecule has 1 aliphatic rings. The lowest BCUT2D eigenvalue weighted by Crippen LogP contribution is -2.28. The monoisotopic (exact) mass is 299 g/mol. The summed E-state index contributed by atoms with van der Waals surface area (Å²) in [5, 5.41) is 0. The van der Waals surface area contributed by atoms with Crippen molar-refractivity contribution in [3.8, 4) is 0 Å². The minimum Gasteiger partial charge on any atom is -0.312 e. The van der Waals surface area contributed by atoms with Crippen molar-refractivity contribution in [3.05, 3.63) is 0 Å². The smallest absolute Gasteiger partial charge is 0.312 e. The van der Waals surface area contributed by atoms with E-state index in [0.717, 1.165) is 32.4 Å². The molecule has 1 saturated heterocycles. The Hall–Kier alpha value is 0.460. The molecule has 6 nitrogen and oxygen atoms in total. The van der Waals surface area contributed by atoms with E-state index < -0.39 is 16.3 Å². The maximum absolute atomic E-state index is 12.6. The molecular weight excluding hydrogens is 276 g/mol. The third kappa shape index (κ3) is 4.86. The largest absolute Gasteiger partial charge is 0.414 e. The summed E-state index contributed by atoms with van der Waals surface area (Å²) in [7, 11) is -3.48. The Labute approximate surface area is 111 Å². The molecule has 0 N–H and O–H groups in total. The third-order valence-electron chi connectivity index (χ3n) is 2.55. The fraction of sp³-hybridized carbons (Fsp3) is 1.00. The summed E-state index contributed by atoms with van der Waals surface area (Å²) in [5.74, 6) is 0. The van der Waals surface area contributed by atoms with Gasteiger partial charge in [0.1, 0.15) is 0 Å². The highest BCUT2D eigenvalue weighted by molar-refractivity contribution is 7.61. The Morgan fingerprint density at radius 2 is 1.67 bits per heavy atom. The highest BCUT2D eigenvalue weighted by atomic mass is 31.3. The Balaban J connectivity index is 2.63. The van der Waals surface area contributed by atoms with Gasteiger partial charge in [-0.3, -0.25) is 4.52 Å². The molecule has 1 unspecified atom stereocenters. The second kappa shape index (κ2) is 8.60. The lowest BCUT2D eigenvalue weighted by atomic mass is 10.2. The summed E-state index contributed by atoms with van der Waals surface area (Å²) in [6.07, 6.45) is 3.18.